The highest BCUT2D eigenvalue weighted by atomic mass is 15.0. The topological polar surface area (TPSA) is 51.6 Å². The normalized spacial score (nSPS) is 11.3. The molecule has 0 N–H and O–H groups in total. The first-order valence-electron chi connectivity index (χ1n) is 15.5. The summed E-state index contributed by atoms with van der Waals surface area (Å²) in [7, 11) is 0. The number of rotatable bonds is 5. The molecule has 2 aromatic heterocycles. The zero-order valence-corrected chi connectivity index (χ0v) is 25.6. The molecule has 4 nitrogen and oxygen atoms in total. The highest BCUT2D eigenvalue weighted by molar-refractivity contribution is 6.13. The molecule has 0 spiro atoms. The Morgan fingerprint density at radius 1 is 0.370 bits per heavy atom. The van der Waals surface area contributed by atoms with E-state index in [4.69, 9.17) is 19.9 Å². The molecule has 0 unspecified atom stereocenters. The molecule has 0 amide bonds. The predicted octanol–water partition coefficient (Wildman–Crippen LogP) is 10.5. The van der Waals surface area contributed by atoms with Crippen molar-refractivity contribution in [3.63, 3.8) is 0 Å². The minimum atomic E-state index is 0.623. The van der Waals surface area contributed by atoms with Crippen LogP contribution in [-0.2, 0) is 0 Å². The molecule has 4 heteroatoms. The fourth-order valence-electron chi connectivity index (χ4n) is 6.31. The number of pyridine rings is 1. The van der Waals surface area contributed by atoms with Gasteiger partial charge in [-0.05, 0) is 82.4 Å². The third kappa shape index (κ3) is 5.10. The molecular formula is C42H30N4. The average Bonchev–Trinajstić information content (AvgIpc) is 3.11. The lowest BCUT2D eigenvalue weighted by atomic mass is 9.89. The van der Waals surface area contributed by atoms with E-state index in [1.165, 1.54) is 27.1 Å². The molecule has 46 heavy (non-hydrogen) atoms. The van der Waals surface area contributed by atoms with Crippen LogP contribution in [0.15, 0.2) is 146 Å². The van der Waals surface area contributed by atoms with Gasteiger partial charge in [-0.3, -0.25) is 4.98 Å². The van der Waals surface area contributed by atoms with Gasteiger partial charge in [0.25, 0.3) is 0 Å². The van der Waals surface area contributed by atoms with Gasteiger partial charge in [0, 0.05) is 33.6 Å². The Labute approximate surface area is 268 Å². The van der Waals surface area contributed by atoms with E-state index in [-0.39, 0.29) is 0 Å². The van der Waals surface area contributed by atoms with Gasteiger partial charge in [-0.2, -0.15) is 0 Å². The summed E-state index contributed by atoms with van der Waals surface area (Å²) in [5, 5.41) is 4.81. The molecule has 8 rings (SSSR count). The van der Waals surface area contributed by atoms with E-state index in [0.29, 0.717) is 17.5 Å². The van der Waals surface area contributed by atoms with Crippen molar-refractivity contribution in [3.05, 3.63) is 157 Å². The third-order valence-corrected chi connectivity index (χ3v) is 8.49. The Bertz CT molecular complexity index is 2270. The lowest BCUT2D eigenvalue weighted by molar-refractivity contribution is 1.07. The van der Waals surface area contributed by atoms with E-state index in [1.807, 2.05) is 67.6 Å². The third-order valence-electron chi connectivity index (χ3n) is 8.49. The lowest BCUT2D eigenvalue weighted by Gasteiger charge is -2.16. The van der Waals surface area contributed by atoms with E-state index in [1.54, 1.807) is 0 Å². The average molecular weight is 591 g/mol. The second kappa shape index (κ2) is 11.5. The minimum absolute atomic E-state index is 0.623. The molecule has 0 saturated carbocycles. The van der Waals surface area contributed by atoms with Crippen molar-refractivity contribution in [2.24, 2.45) is 0 Å². The Hall–Kier alpha value is -6.00. The first kappa shape index (κ1) is 27.5. The van der Waals surface area contributed by atoms with Crippen LogP contribution in [0.25, 0.3) is 78.0 Å². The Balaban J connectivity index is 1.44. The first-order chi connectivity index (χ1) is 22.6. The van der Waals surface area contributed by atoms with E-state index >= 15 is 0 Å². The first-order valence-corrected chi connectivity index (χ1v) is 15.5. The van der Waals surface area contributed by atoms with Crippen molar-refractivity contribution in [1.29, 1.82) is 0 Å². The molecule has 0 aliphatic rings. The fourth-order valence-corrected chi connectivity index (χ4v) is 6.31. The smallest absolute Gasteiger partial charge is 0.164 e. The Kier molecular flexibility index (Phi) is 6.88. The summed E-state index contributed by atoms with van der Waals surface area (Å²) in [6.45, 7) is 4.11. The van der Waals surface area contributed by atoms with Crippen LogP contribution in [0.3, 0.4) is 0 Å². The number of benzene rings is 6. The summed E-state index contributed by atoms with van der Waals surface area (Å²) in [6, 6.07) is 50.7. The van der Waals surface area contributed by atoms with Gasteiger partial charge in [-0.1, -0.05) is 115 Å². The monoisotopic (exact) mass is 590 g/mol. The minimum Gasteiger partial charge on any atom is -0.258 e. The summed E-state index contributed by atoms with van der Waals surface area (Å²) in [5.41, 5.74) is 9.22. The summed E-state index contributed by atoms with van der Waals surface area (Å²) < 4.78 is 0. The number of nitrogens with zero attached hydrogens (tertiary/aromatic N) is 4. The van der Waals surface area contributed by atoms with Gasteiger partial charge >= 0.3 is 0 Å². The van der Waals surface area contributed by atoms with Crippen LogP contribution in [0.5, 0.6) is 0 Å². The number of fused-ring (bicyclic) bond motifs is 2. The molecule has 0 bridgehead atoms. The van der Waals surface area contributed by atoms with Gasteiger partial charge < -0.3 is 0 Å². The maximum atomic E-state index is 5.09. The van der Waals surface area contributed by atoms with E-state index < -0.39 is 0 Å². The number of aromatic nitrogens is 4. The van der Waals surface area contributed by atoms with Gasteiger partial charge in [0.2, 0.25) is 0 Å². The second-order valence-corrected chi connectivity index (χ2v) is 11.6. The molecule has 8 aromatic rings. The molecule has 0 aliphatic heterocycles. The molecule has 0 radical (unpaired) electrons. The Morgan fingerprint density at radius 2 is 0.848 bits per heavy atom. The summed E-state index contributed by atoms with van der Waals surface area (Å²) in [6.07, 6.45) is 0. The number of aryl methyl sites for hydroxylation is 2. The standard InChI is InChI=1S/C42H30N4/c1-27-21-22-36(28(2)43-27)33-24-34(39-37-19-11-9-17-31(37)23-32-18-10-12-20-38(32)39)26-35(25-33)42-45-40(29-13-5-3-6-14-29)44-41(46-42)30-15-7-4-8-16-30/h3-26H,1-2H3. The van der Waals surface area contributed by atoms with E-state index in [2.05, 4.69) is 91.9 Å². The van der Waals surface area contributed by atoms with Crippen LogP contribution in [0.2, 0.25) is 0 Å². The maximum absolute atomic E-state index is 5.09. The number of hydrogen-bond acceptors (Lipinski definition) is 4. The molecular weight excluding hydrogens is 560 g/mol. The van der Waals surface area contributed by atoms with Crippen molar-refractivity contribution in [1.82, 2.24) is 19.9 Å². The summed E-state index contributed by atoms with van der Waals surface area (Å²) >= 11 is 0. The van der Waals surface area contributed by atoms with Gasteiger partial charge in [-0.25, -0.2) is 15.0 Å². The highest BCUT2D eigenvalue weighted by Crippen LogP contribution is 2.40. The van der Waals surface area contributed by atoms with Crippen LogP contribution >= 0.6 is 0 Å². The van der Waals surface area contributed by atoms with Crippen molar-refractivity contribution in [2.75, 3.05) is 0 Å². The van der Waals surface area contributed by atoms with Crippen molar-refractivity contribution in [2.45, 2.75) is 13.8 Å². The zero-order valence-electron chi connectivity index (χ0n) is 25.6. The summed E-state index contributed by atoms with van der Waals surface area (Å²) in [4.78, 5) is 19.9. The van der Waals surface area contributed by atoms with Crippen LogP contribution in [-0.4, -0.2) is 19.9 Å². The quantitative estimate of drug-likeness (QED) is 0.187. The summed E-state index contributed by atoms with van der Waals surface area (Å²) in [5.74, 6) is 1.90. The van der Waals surface area contributed by atoms with Crippen LogP contribution in [0.1, 0.15) is 11.4 Å². The molecule has 0 fully saturated rings. The highest BCUT2D eigenvalue weighted by Gasteiger charge is 2.17. The predicted molar refractivity (Wildman–Crippen MR) is 189 cm³/mol. The van der Waals surface area contributed by atoms with Crippen LogP contribution in [0, 0.1) is 13.8 Å². The lowest BCUT2D eigenvalue weighted by Crippen LogP contribution is -2.01. The van der Waals surface area contributed by atoms with E-state index in [9.17, 15) is 0 Å². The van der Waals surface area contributed by atoms with Crippen molar-refractivity contribution < 1.29 is 0 Å². The van der Waals surface area contributed by atoms with Gasteiger partial charge in [0.05, 0.1) is 0 Å². The molecule has 0 saturated heterocycles. The van der Waals surface area contributed by atoms with Crippen molar-refractivity contribution in [3.8, 4) is 56.4 Å². The molecule has 2 heterocycles. The zero-order chi connectivity index (χ0) is 31.0. The van der Waals surface area contributed by atoms with Gasteiger partial charge in [0.1, 0.15) is 0 Å². The van der Waals surface area contributed by atoms with E-state index in [0.717, 1.165) is 44.8 Å². The van der Waals surface area contributed by atoms with Crippen molar-refractivity contribution >= 4 is 21.5 Å². The molecule has 0 atom stereocenters. The maximum Gasteiger partial charge on any atom is 0.164 e. The van der Waals surface area contributed by atoms with Crippen LogP contribution in [0.4, 0.5) is 0 Å². The molecule has 218 valence electrons. The second-order valence-electron chi connectivity index (χ2n) is 11.6. The molecule has 0 aliphatic carbocycles. The largest absolute Gasteiger partial charge is 0.258 e. The van der Waals surface area contributed by atoms with Gasteiger partial charge in [-0.15, -0.1) is 0 Å². The number of hydrogen-bond donors (Lipinski definition) is 0. The van der Waals surface area contributed by atoms with Gasteiger partial charge in [0.15, 0.2) is 17.5 Å². The fraction of sp³-hybridized carbons (Fsp3) is 0.0476. The molecule has 6 aromatic carbocycles. The van der Waals surface area contributed by atoms with Crippen LogP contribution < -0.4 is 0 Å². The Morgan fingerprint density at radius 3 is 1.41 bits per heavy atom. The SMILES string of the molecule is Cc1ccc(-c2cc(-c3nc(-c4ccccc4)nc(-c4ccccc4)n3)cc(-c3c4ccccc4cc4ccccc34)c2)c(C)n1.